The molecule has 19 heavy (non-hydrogen) atoms. The molecule has 1 aromatic carbocycles. The number of halogens is 2. The molecule has 0 N–H and O–H groups in total. The van der Waals surface area contributed by atoms with E-state index < -0.39 is 29.1 Å². The molecule has 0 bridgehead atoms. The maximum Gasteiger partial charge on any atom is 0.198 e. The molecular formula is C14H17F2NO2. The number of morpholine rings is 1. The van der Waals surface area contributed by atoms with Gasteiger partial charge in [0.15, 0.2) is 5.78 Å². The van der Waals surface area contributed by atoms with E-state index in [1.807, 2.05) is 13.8 Å². The van der Waals surface area contributed by atoms with Crippen LogP contribution in [0, 0.1) is 11.6 Å². The van der Waals surface area contributed by atoms with Crippen LogP contribution < -0.4 is 0 Å². The average molecular weight is 269 g/mol. The molecule has 0 amide bonds. The van der Waals surface area contributed by atoms with Crippen molar-refractivity contribution >= 4 is 5.78 Å². The summed E-state index contributed by atoms with van der Waals surface area (Å²) in [6.07, 6.45) is -0.803. The Morgan fingerprint density at radius 1 is 1.37 bits per heavy atom. The van der Waals surface area contributed by atoms with Gasteiger partial charge in [0.05, 0.1) is 12.2 Å². The SMILES string of the molecule is CC(C)N1CCOC(C(=O)c2c(F)cccc2F)C1. The van der Waals surface area contributed by atoms with Gasteiger partial charge in [-0.1, -0.05) is 6.07 Å². The van der Waals surface area contributed by atoms with Gasteiger partial charge in [-0.05, 0) is 26.0 Å². The van der Waals surface area contributed by atoms with Crippen LogP contribution in [-0.2, 0) is 4.74 Å². The summed E-state index contributed by atoms with van der Waals surface area (Å²) in [5.74, 6) is -2.30. The van der Waals surface area contributed by atoms with E-state index >= 15 is 0 Å². The monoisotopic (exact) mass is 269 g/mol. The third kappa shape index (κ3) is 2.98. The number of Topliss-reactive ketones (excluding diaryl/α,β-unsaturated/α-hetero) is 1. The number of ether oxygens (including phenoxy) is 1. The van der Waals surface area contributed by atoms with Crippen LogP contribution in [0.2, 0.25) is 0 Å². The summed E-state index contributed by atoms with van der Waals surface area (Å²) in [5.41, 5.74) is -0.502. The molecule has 1 aliphatic heterocycles. The minimum absolute atomic E-state index is 0.268. The normalized spacial score (nSPS) is 20.8. The second-order valence-electron chi connectivity index (χ2n) is 4.91. The molecule has 0 aliphatic carbocycles. The van der Waals surface area contributed by atoms with E-state index in [1.165, 1.54) is 6.07 Å². The van der Waals surface area contributed by atoms with E-state index in [0.717, 1.165) is 18.7 Å². The predicted molar refractivity (Wildman–Crippen MR) is 67.1 cm³/mol. The number of benzene rings is 1. The Bertz CT molecular complexity index is 456. The molecule has 0 saturated carbocycles. The van der Waals surface area contributed by atoms with Crippen molar-refractivity contribution in [1.29, 1.82) is 0 Å². The van der Waals surface area contributed by atoms with Gasteiger partial charge < -0.3 is 4.74 Å². The fraction of sp³-hybridized carbons (Fsp3) is 0.500. The topological polar surface area (TPSA) is 29.5 Å². The summed E-state index contributed by atoms with van der Waals surface area (Å²) in [6, 6.07) is 3.67. The van der Waals surface area contributed by atoms with Crippen molar-refractivity contribution in [3.63, 3.8) is 0 Å². The fourth-order valence-corrected chi connectivity index (χ4v) is 2.19. The number of hydrogen-bond donors (Lipinski definition) is 0. The highest BCUT2D eigenvalue weighted by Crippen LogP contribution is 2.18. The number of nitrogens with zero attached hydrogens (tertiary/aromatic N) is 1. The van der Waals surface area contributed by atoms with Gasteiger partial charge in [0, 0.05) is 19.1 Å². The van der Waals surface area contributed by atoms with Crippen molar-refractivity contribution in [1.82, 2.24) is 4.90 Å². The van der Waals surface area contributed by atoms with Gasteiger partial charge in [-0.2, -0.15) is 0 Å². The van der Waals surface area contributed by atoms with Gasteiger partial charge >= 0.3 is 0 Å². The van der Waals surface area contributed by atoms with Crippen molar-refractivity contribution in [2.24, 2.45) is 0 Å². The van der Waals surface area contributed by atoms with E-state index in [1.54, 1.807) is 0 Å². The Morgan fingerprint density at radius 2 is 2.00 bits per heavy atom. The third-order valence-electron chi connectivity index (χ3n) is 3.33. The van der Waals surface area contributed by atoms with Gasteiger partial charge in [0.25, 0.3) is 0 Å². The van der Waals surface area contributed by atoms with Crippen LogP contribution in [0.15, 0.2) is 18.2 Å². The first-order valence-corrected chi connectivity index (χ1v) is 6.34. The van der Waals surface area contributed by atoms with Crippen LogP contribution >= 0.6 is 0 Å². The number of carbonyl (C=O) groups is 1. The Balaban J connectivity index is 2.20. The molecule has 2 rings (SSSR count). The molecule has 104 valence electrons. The number of ketones is 1. The quantitative estimate of drug-likeness (QED) is 0.788. The Labute approximate surface area is 111 Å². The van der Waals surface area contributed by atoms with Gasteiger partial charge in [-0.3, -0.25) is 9.69 Å². The molecule has 1 fully saturated rings. The summed E-state index contributed by atoms with van der Waals surface area (Å²) in [7, 11) is 0. The van der Waals surface area contributed by atoms with Gasteiger partial charge in [-0.25, -0.2) is 8.78 Å². The summed E-state index contributed by atoms with van der Waals surface area (Å²) in [5, 5.41) is 0. The Morgan fingerprint density at radius 3 is 2.58 bits per heavy atom. The highest BCUT2D eigenvalue weighted by atomic mass is 19.1. The standard InChI is InChI=1S/C14H17F2NO2/c1-9(2)17-6-7-19-12(8-17)14(18)13-10(15)4-3-5-11(13)16/h3-5,9,12H,6-8H2,1-2H3. The largest absolute Gasteiger partial charge is 0.367 e. The van der Waals surface area contributed by atoms with E-state index in [2.05, 4.69) is 4.90 Å². The summed E-state index contributed by atoms with van der Waals surface area (Å²) in [6.45, 7) is 5.50. The zero-order chi connectivity index (χ0) is 14.0. The molecular weight excluding hydrogens is 252 g/mol. The predicted octanol–water partition coefficient (Wildman–Crippen LogP) is 2.26. The molecule has 3 nitrogen and oxygen atoms in total. The minimum atomic E-state index is -0.838. The van der Waals surface area contributed by atoms with Crippen LogP contribution in [0.1, 0.15) is 24.2 Å². The molecule has 0 aromatic heterocycles. The zero-order valence-electron chi connectivity index (χ0n) is 11.0. The molecule has 1 unspecified atom stereocenters. The average Bonchev–Trinajstić information content (AvgIpc) is 2.38. The summed E-state index contributed by atoms with van der Waals surface area (Å²) in [4.78, 5) is 14.2. The number of hydrogen-bond acceptors (Lipinski definition) is 3. The molecule has 5 heteroatoms. The third-order valence-corrected chi connectivity index (χ3v) is 3.33. The molecule has 1 saturated heterocycles. The lowest BCUT2D eigenvalue weighted by molar-refractivity contribution is -0.0259. The van der Waals surface area contributed by atoms with Gasteiger partial charge in [0.2, 0.25) is 0 Å². The Kier molecular flexibility index (Phi) is 4.27. The first-order valence-electron chi connectivity index (χ1n) is 6.34. The van der Waals surface area contributed by atoms with Crippen LogP contribution in [0.4, 0.5) is 8.78 Å². The van der Waals surface area contributed by atoms with E-state index in [4.69, 9.17) is 4.74 Å². The van der Waals surface area contributed by atoms with Crippen molar-refractivity contribution in [3.05, 3.63) is 35.4 Å². The fourth-order valence-electron chi connectivity index (χ4n) is 2.19. The van der Waals surface area contributed by atoms with Crippen LogP contribution in [-0.4, -0.2) is 42.5 Å². The Hall–Kier alpha value is -1.33. The minimum Gasteiger partial charge on any atom is -0.367 e. The molecule has 0 radical (unpaired) electrons. The maximum atomic E-state index is 13.6. The smallest absolute Gasteiger partial charge is 0.198 e. The van der Waals surface area contributed by atoms with Gasteiger partial charge in [0.1, 0.15) is 17.7 Å². The van der Waals surface area contributed by atoms with E-state index in [0.29, 0.717) is 13.2 Å². The van der Waals surface area contributed by atoms with Crippen LogP contribution in [0.5, 0.6) is 0 Å². The van der Waals surface area contributed by atoms with Crippen LogP contribution in [0.25, 0.3) is 0 Å². The van der Waals surface area contributed by atoms with Crippen LogP contribution in [0.3, 0.4) is 0 Å². The second-order valence-corrected chi connectivity index (χ2v) is 4.91. The van der Waals surface area contributed by atoms with Crippen molar-refractivity contribution in [2.45, 2.75) is 26.0 Å². The second kappa shape index (κ2) is 5.75. The number of carbonyl (C=O) groups excluding carboxylic acids is 1. The molecule has 0 spiro atoms. The van der Waals surface area contributed by atoms with Gasteiger partial charge in [-0.15, -0.1) is 0 Å². The first kappa shape index (κ1) is 14.1. The maximum absolute atomic E-state index is 13.6. The van der Waals surface area contributed by atoms with Crippen molar-refractivity contribution < 1.29 is 18.3 Å². The van der Waals surface area contributed by atoms with E-state index in [-0.39, 0.29) is 6.04 Å². The highest BCUT2D eigenvalue weighted by Gasteiger charge is 2.31. The van der Waals surface area contributed by atoms with E-state index in [9.17, 15) is 13.6 Å². The molecule has 1 aromatic rings. The lowest BCUT2D eigenvalue weighted by Crippen LogP contribution is -2.48. The summed E-state index contributed by atoms with van der Waals surface area (Å²) < 4.78 is 32.5. The van der Waals surface area contributed by atoms with Crippen molar-refractivity contribution in [2.75, 3.05) is 19.7 Å². The molecule has 1 heterocycles. The first-order chi connectivity index (χ1) is 9.00. The zero-order valence-corrected chi connectivity index (χ0v) is 11.0. The molecule has 1 atom stereocenters. The van der Waals surface area contributed by atoms with Crippen molar-refractivity contribution in [3.8, 4) is 0 Å². The highest BCUT2D eigenvalue weighted by molar-refractivity contribution is 6.00. The lowest BCUT2D eigenvalue weighted by Gasteiger charge is -2.34. The lowest BCUT2D eigenvalue weighted by atomic mass is 10.0. The number of rotatable bonds is 3. The summed E-state index contributed by atoms with van der Waals surface area (Å²) >= 11 is 0. The molecule has 1 aliphatic rings.